The van der Waals surface area contributed by atoms with Crippen LogP contribution in [0.5, 0.6) is 5.75 Å². The molecule has 1 N–H and O–H groups in total. The zero-order valence-electron chi connectivity index (χ0n) is 6.40. The van der Waals surface area contributed by atoms with Crippen molar-refractivity contribution < 1.29 is 9.90 Å². The highest BCUT2D eigenvalue weighted by Gasteiger charge is 2.27. The summed E-state index contributed by atoms with van der Waals surface area (Å²) in [7, 11) is 0. The summed E-state index contributed by atoms with van der Waals surface area (Å²) in [5, 5.41) is 9.08. The molecule has 0 saturated heterocycles. The van der Waals surface area contributed by atoms with E-state index in [0.29, 0.717) is 18.0 Å². The number of nitrogens with zero attached hydrogens (tertiary/aromatic N) is 2. The van der Waals surface area contributed by atoms with E-state index in [2.05, 4.69) is 9.97 Å². The molecular weight excluding hydrogens is 156 g/mol. The van der Waals surface area contributed by atoms with Crippen LogP contribution in [-0.4, -0.2) is 21.4 Å². The molecule has 0 aliphatic heterocycles. The summed E-state index contributed by atoms with van der Waals surface area (Å²) < 4.78 is 0. The molecule has 0 atom stereocenters. The van der Waals surface area contributed by atoms with Crippen molar-refractivity contribution >= 4 is 6.29 Å². The first kappa shape index (κ1) is 7.21. The summed E-state index contributed by atoms with van der Waals surface area (Å²) in [5.74, 6) is 0.939. The quantitative estimate of drug-likeness (QED) is 0.659. The summed E-state index contributed by atoms with van der Waals surface area (Å²) in [4.78, 5) is 18.2. The highest BCUT2D eigenvalue weighted by molar-refractivity contribution is 5.75. The van der Waals surface area contributed by atoms with Gasteiger partial charge in [0.15, 0.2) is 12.0 Å². The predicted octanol–water partition coefficient (Wildman–Crippen LogP) is 0.872. The fraction of sp³-hybridized carbons (Fsp3) is 0.375. The first-order valence-electron chi connectivity index (χ1n) is 3.82. The first-order chi connectivity index (χ1) is 5.81. The minimum atomic E-state index is -0.144. The minimum Gasteiger partial charge on any atom is -0.504 e. The minimum absolute atomic E-state index is 0.0897. The number of aromatic hydroxyl groups is 1. The molecule has 0 radical (unpaired) electrons. The lowest BCUT2D eigenvalue weighted by Crippen LogP contribution is -1.96. The predicted molar refractivity (Wildman–Crippen MR) is 41.1 cm³/mol. The monoisotopic (exact) mass is 164 g/mol. The van der Waals surface area contributed by atoms with Gasteiger partial charge in [-0.25, -0.2) is 9.97 Å². The van der Waals surface area contributed by atoms with Crippen LogP contribution in [0.1, 0.15) is 35.1 Å². The fourth-order valence-electron chi connectivity index (χ4n) is 1.03. The summed E-state index contributed by atoms with van der Waals surface area (Å²) in [6.07, 6.45) is 4.00. The van der Waals surface area contributed by atoms with Gasteiger partial charge in [0, 0.05) is 5.92 Å². The van der Waals surface area contributed by atoms with E-state index in [1.165, 1.54) is 6.20 Å². The molecule has 1 saturated carbocycles. The maximum absolute atomic E-state index is 10.4. The second-order valence-electron chi connectivity index (χ2n) is 2.89. The van der Waals surface area contributed by atoms with Gasteiger partial charge in [0.25, 0.3) is 0 Å². The molecular formula is C8H8N2O2. The fourth-order valence-corrected chi connectivity index (χ4v) is 1.03. The Balaban J connectivity index is 2.39. The Kier molecular flexibility index (Phi) is 1.53. The lowest BCUT2D eigenvalue weighted by atomic mass is 10.3. The van der Waals surface area contributed by atoms with Gasteiger partial charge in [-0.2, -0.15) is 0 Å². The maximum Gasteiger partial charge on any atom is 0.172 e. The smallest absolute Gasteiger partial charge is 0.172 e. The van der Waals surface area contributed by atoms with Crippen molar-refractivity contribution in [1.29, 1.82) is 0 Å². The number of aromatic nitrogens is 2. The Hall–Kier alpha value is -1.45. The largest absolute Gasteiger partial charge is 0.504 e. The van der Waals surface area contributed by atoms with Crippen LogP contribution in [-0.2, 0) is 0 Å². The molecule has 12 heavy (non-hydrogen) atoms. The van der Waals surface area contributed by atoms with E-state index in [9.17, 15) is 4.79 Å². The van der Waals surface area contributed by atoms with Crippen molar-refractivity contribution in [3.05, 3.63) is 17.7 Å². The SMILES string of the molecule is O=Cc1nc(C2CC2)ncc1O. The average molecular weight is 164 g/mol. The number of carbonyl (C=O) groups is 1. The van der Waals surface area contributed by atoms with Gasteiger partial charge < -0.3 is 5.11 Å². The lowest BCUT2D eigenvalue weighted by molar-refractivity contribution is 0.111. The molecule has 1 aromatic rings. The van der Waals surface area contributed by atoms with Crippen molar-refractivity contribution in [2.24, 2.45) is 0 Å². The van der Waals surface area contributed by atoms with Crippen LogP contribution in [0.25, 0.3) is 0 Å². The van der Waals surface area contributed by atoms with E-state index in [0.717, 1.165) is 12.8 Å². The number of rotatable bonds is 2. The zero-order valence-corrected chi connectivity index (χ0v) is 6.40. The van der Waals surface area contributed by atoms with Gasteiger partial charge in [-0.15, -0.1) is 0 Å². The van der Waals surface area contributed by atoms with Crippen LogP contribution in [0.3, 0.4) is 0 Å². The Morgan fingerprint density at radius 3 is 2.92 bits per heavy atom. The highest BCUT2D eigenvalue weighted by atomic mass is 16.3. The number of carbonyl (C=O) groups excluding carboxylic acids is 1. The summed E-state index contributed by atoms with van der Waals surface area (Å²) in [6.45, 7) is 0. The Morgan fingerprint density at radius 2 is 2.33 bits per heavy atom. The number of hydrogen-bond acceptors (Lipinski definition) is 4. The van der Waals surface area contributed by atoms with Gasteiger partial charge in [0.1, 0.15) is 11.5 Å². The Bertz CT molecular complexity index is 321. The topological polar surface area (TPSA) is 63.1 Å². The summed E-state index contributed by atoms with van der Waals surface area (Å²) in [5.41, 5.74) is 0.0897. The second kappa shape index (κ2) is 2.55. The van der Waals surface area contributed by atoms with E-state index in [4.69, 9.17) is 5.11 Å². The molecule has 0 aromatic carbocycles. The molecule has 0 bridgehead atoms. The molecule has 62 valence electrons. The van der Waals surface area contributed by atoms with Crippen LogP contribution < -0.4 is 0 Å². The van der Waals surface area contributed by atoms with Crippen LogP contribution in [0.4, 0.5) is 0 Å². The van der Waals surface area contributed by atoms with E-state index < -0.39 is 0 Å². The molecule has 2 rings (SSSR count). The van der Waals surface area contributed by atoms with Crippen LogP contribution in [0, 0.1) is 0 Å². The van der Waals surface area contributed by atoms with E-state index in [-0.39, 0.29) is 11.4 Å². The zero-order chi connectivity index (χ0) is 8.55. The molecule has 0 spiro atoms. The van der Waals surface area contributed by atoms with Crippen molar-refractivity contribution in [3.63, 3.8) is 0 Å². The van der Waals surface area contributed by atoms with Gasteiger partial charge in [-0.3, -0.25) is 4.79 Å². The number of hydrogen-bond donors (Lipinski definition) is 1. The lowest BCUT2D eigenvalue weighted by Gasteiger charge is -1.98. The third-order valence-electron chi connectivity index (χ3n) is 1.87. The van der Waals surface area contributed by atoms with Crippen LogP contribution in [0.15, 0.2) is 6.20 Å². The van der Waals surface area contributed by atoms with Gasteiger partial charge in [-0.1, -0.05) is 0 Å². The molecule has 1 heterocycles. The Morgan fingerprint density at radius 1 is 1.58 bits per heavy atom. The summed E-state index contributed by atoms with van der Waals surface area (Å²) >= 11 is 0. The molecule has 4 heteroatoms. The molecule has 0 amide bonds. The van der Waals surface area contributed by atoms with Crippen LogP contribution >= 0.6 is 0 Å². The van der Waals surface area contributed by atoms with Gasteiger partial charge >= 0.3 is 0 Å². The van der Waals surface area contributed by atoms with Crippen molar-refractivity contribution in [2.45, 2.75) is 18.8 Å². The third-order valence-corrected chi connectivity index (χ3v) is 1.87. The third kappa shape index (κ3) is 1.15. The van der Waals surface area contributed by atoms with Gasteiger partial charge in [-0.05, 0) is 12.8 Å². The highest BCUT2D eigenvalue weighted by Crippen LogP contribution is 2.38. The Labute approximate surface area is 69.3 Å². The normalized spacial score (nSPS) is 16.0. The molecule has 1 fully saturated rings. The van der Waals surface area contributed by atoms with E-state index in [1.54, 1.807) is 0 Å². The summed E-state index contributed by atoms with van der Waals surface area (Å²) in [6, 6.07) is 0. The van der Waals surface area contributed by atoms with E-state index >= 15 is 0 Å². The van der Waals surface area contributed by atoms with Gasteiger partial charge in [0.05, 0.1) is 6.20 Å². The van der Waals surface area contributed by atoms with E-state index in [1.807, 2.05) is 0 Å². The molecule has 4 nitrogen and oxygen atoms in total. The second-order valence-corrected chi connectivity index (χ2v) is 2.89. The molecule has 0 unspecified atom stereocenters. The first-order valence-corrected chi connectivity index (χ1v) is 3.82. The molecule has 1 aliphatic rings. The standard InChI is InChI=1S/C8H8N2O2/c11-4-6-7(12)3-9-8(10-6)5-1-2-5/h3-5,12H,1-2H2. The van der Waals surface area contributed by atoms with Crippen molar-refractivity contribution in [3.8, 4) is 5.75 Å². The van der Waals surface area contributed by atoms with Crippen molar-refractivity contribution in [1.82, 2.24) is 9.97 Å². The van der Waals surface area contributed by atoms with Crippen molar-refractivity contribution in [2.75, 3.05) is 0 Å². The average Bonchev–Trinajstić information content (AvgIpc) is 2.88. The molecule has 1 aliphatic carbocycles. The maximum atomic E-state index is 10.4. The number of aldehydes is 1. The van der Waals surface area contributed by atoms with Crippen LogP contribution in [0.2, 0.25) is 0 Å². The molecule has 1 aromatic heterocycles. The van der Waals surface area contributed by atoms with Gasteiger partial charge in [0.2, 0.25) is 0 Å².